The van der Waals surface area contributed by atoms with Crippen LogP contribution in [-0.2, 0) is 17.6 Å². The Labute approximate surface area is 112 Å². The van der Waals surface area contributed by atoms with Gasteiger partial charge < -0.3 is 15.0 Å². The SMILES string of the molecule is CCOCCc1noc(CC(N)c2ccccc2)n1. The van der Waals surface area contributed by atoms with Gasteiger partial charge in [-0.15, -0.1) is 0 Å². The van der Waals surface area contributed by atoms with Gasteiger partial charge in [-0.2, -0.15) is 4.98 Å². The Kier molecular flexibility index (Phi) is 5.06. The maximum absolute atomic E-state index is 6.11. The van der Waals surface area contributed by atoms with E-state index < -0.39 is 0 Å². The minimum absolute atomic E-state index is 0.124. The van der Waals surface area contributed by atoms with E-state index in [1.165, 1.54) is 0 Å². The molecule has 0 saturated carbocycles. The van der Waals surface area contributed by atoms with Crippen molar-refractivity contribution in [1.82, 2.24) is 10.1 Å². The largest absolute Gasteiger partial charge is 0.381 e. The second kappa shape index (κ2) is 7.01. The van der Waals surface area contributed by atoms with Crippen LogP contribution >= 0.6 is 0 Å². The zero-order valence-corrected chi connectivity index (χ0v) is 11.1. The van der Waals surface area contributed by atoms with E-state index in [9.17, 15) is 0 Å². The molecular weight excluding hydrogens is 242 g/mol. The molecule has 0 amide bonds. The standard InChI is InChI=1S/C14H19N3O2/c1-2-18-9-8-13-16-14(19-17-13)10-12(15)11-6-4-3-5-7-11/h3-7,12H,2,8-10,15H2,1H3. The highest BCUT2D eigenvalue weighted by Gasteiger charge is 2.12. The first-order chi connectivity index (χ1) is 9.29. The molecule has 1 atom stereocenters. The summed E-state index contributed by atoms with van der Waals surface area (Å²) in [6, 6.07) is 9.77. The second-order valence-corrected chi connectivity index (χ2v) is 4.27. The van der Waals surface area contributed by atoms with Gasteiger partial charge in [0.05, 0.1) is 6.61 Å². The molecule has 0 radical (unpaired) electrons. The minimum atomic E-state index is -0.124. The minimum Gasteiger partial charge on any atom is -0.381 e. The second-order valence-electron chi connectivity index (χ2n) is 4.27. The first-order valence-electron chi connectivity index (χ1n) is 6.49. The topological polar surface area (TPSA) is 74.2 Å². The molecule has 0 aliphatic heterocycles. The molecule has 2 rings (SSSR count). The summed E-state index contributed by atoms with van der Waals surface area (Å²) in [6.07, 6.45) is 1.21. The van der Waals surface area contributed by atoms with E-state index in [-0.39, 0.29) is 6.04 Å². The van der Waals surface area contributed by atoms with Gasteiger partial charge in [-0.1, -0.05) is 35.5 Å². The van der Waals surface area contributed by atoms with Crippen molar-refractivity contribution < 1.29 is 9.26 Å². The highest BCUT2D eigenvalue weighted by molar-refractivity contribution is 5.19. The fraction of sp³-hybridized carbons (Fsp3) is 0.429. The van der Waals surface area contributed by atoms with Crippen LogP contribution in [0.3, 0.4) is 0 Å². The Bertz CT molecular complexity index is 484. The van der Waals surface area contributed by atoms with E-state index in [1.54, 1.807) is 0 Å². The molecule has 1 heterocycles. The molecule has 2 aromatic rings. The fourth-order valence-corrected chi connectivity index (χ4v) is 1.79. The Balaban J connectivity index is 1.89. The highest BCUT2D eigenvalue weighted by Crippen LogP contribution is 2.14. The number of hydrogen-bond acceptors (Lipinski definition) is 5. The van der Waals surface area contributed by atoms with Crippen molar-refractivity contribution in [2.75, 3.05) is 13.2 Å². The van der Waals surface area contributed by atoms with Gasteiger partial charge in [0.2, 0.25) is 5.89 Å². The fourth-order valence-electron chi connectivity index (χ4n) is 1.79. The first-order valence-corrected chi connectivity index (χ1v) is 6.49. The lowest BCUT2D eigenvalue weighted by Crippen LogP contribution is -2.13. The molecular formula is C14H19N3O2. The molecule has 0 bridgehead atoms. The molecule has 5 nitrogen and oxygen atoms in total. The summed E-state index contributed by atoms with van der Waals surface area (Å²) in [6.45, 7) is 3.27. The number of rotatable bonds is 7. The molecule has 0 saturated heterocycles. The summed E-state index contributed by atoms with van der Waals surface area (Å²) in [5.41, 5.74) is 7.17. The zero-order valence-electron chi connectivity index (χ0n) is 11.1. The highest BCUT2D eigenvalue weighted by atomic mass is 16.5. The third-order valence-corrected chi connectivity index (χ3v) is 2.81. The van der Waals surface area contributed by atoms with Crippen molar-refractivity contribution in [2.45, 2.75) is 25.8 Å². The van der Waals surface area contributed by atoms with Gasteiger partial charge >= 0.3 is 0 Å². The molecule has 5 heteroatoms. The summed E-state index contributed by atoms with van der Waals surface area (Å²) in [5.74, 6) is 1.24. The van der Waals surface area contributed by atoms with Crippen LogP contribution in [0.15, 0.2) is 34.9 Å². The van der Waals surface area contributed by atoms with E-state index in [1.807, 2.05) is 37.3 Å². The van der Waals surface area contributed by atoms with E-state index >= 15 is 0 Å². The van der Waals surface area contributed by atoms with Crippen LogP contribution in [0.25, 0.3) is 0 Å². The smallest absolute Gasteiger partial charge is 0.228 e. The number of benzene rings is 1. The molecule has 19 heavy (non-hydrogen) atoms. The summed E-state index contributed by atoms with van der Waals surface area (Å²) in [5, 5.41) is 3.91. The van der Waals surface area contributed by atoms with Gasteiger partial charge in [0, 0.05) is 25.5 Å². The van der Waals surface area contributed by atoms with Crippen molar-refractivity contribution in [2.24, 2.45) is 5.73 Å². The molecule has 102 valence electrons. The lowest BCUT2D eigenvalue weighted by Gasteiger charge is -2.08. The maximum atomic E-state index is 6.11. The Morgan fingerprint density at radius 2 is 2.11 bits per heavy atom. The Morgan fingerprint density at radius 1 is 1.32 bits per heavy atom. The molecule has 1 unspecified atom stereocenters. The van der Waals surface area contributed by atoms with Crippen molar-refractivity contribution in [3.05, 3.63) is 47.6 Å². The number of nitrogens with two attached hydrogens (primary N) is 1. The molecule has 0 fully saturated rings. The lowest BCUT2D eigenvalue weighted by atomic mass is 10.1. The van der Waals surface area contributed by atoms with E-state index in [0.717, 1.165) is 5.56 Å². The summed E-state index contributed by atoms with van der Waals surface area (Å²) < 4.78 is 10.4. The summed E-state index contributed by atoms with van der Waals surface area (Å²) >= 11 is 0. The number of ether oxygens (including phenoxy) is 1. The predicted molar refractivity (Wildman–Crippen MR) is 71.6 cm³/mol. The van der Waals surface area contributed by atoms with Crippen LogP contribution in [0.1, 0.15) is 30.2 Å². The quantitative estimate of drug-likeness (QED) is 0.770. The molecule has 0 aliphatic carbocycles. The van der Waals surface area contributed by atoms with Crippen molar-refractivity contribution in [3.63, 3.8) is 0 Å². The Morgan fingerprint density at radius 3 is 2.84 bits per heavy atom. The van der Waals surface area contributed by atoms with Crippen LogP contribution < -0.4 is 5.73 Å². The van der Waals surface area contributed by atoms with Crippen LogP contribution in [0, 0.1) is 0 Å². The maximum Gasteiger partial charge on any atom is 0.228 e. The van der Waals surface area contributed by atoms with Crippen molar-refractivity contribution in [3.8, 4) is 0 Å². The normalized spacial score (nSPS) is 12.5. The van der Waals surface area contributed by atoms with Crippen molar-refractivity contribution in [1.29, 1.82) is 0 Å². The average Bonchev–Trinajstić information content (AvgIpc) is 2.88. The molecule has 0 aliphatic rings. The summed E-state index contributed by atoms with van der Waals surface area (Å²) in [4.78, 5) is 4.31. The molecule has 0 spiro atoms. The zero-order chi connectivity index (χ0) is 13.5. The van der Waals surface area contributed by atoms with Gasteiger partial charge in [-0.05, 0) is 12.5 Å². The van der Waals surface area contributed by atoms with Crippen molar-refractivity contribution >= 4 is 0 Å². The van der Waals surface area contributed by atoms with Gasteiger partial charge in [-0.25, -0.2) is 0 Å². The van der Waals surface area contributed by atoms with Crippen LogP contribution in [-0.4, -0.2) is 23.4 Å². The van der Waals surface area contributed by atoms with Gasteiger partial charge in [0.1, 0.15) is 0 Å². The number of nitrogens with zero attached hydrogens (tertiary/aromatic N) is 2. The monoisotopic (exact) mass is 261 g/mol. The van der Waals surface area contributed by atoms with E-state index in [0.29, 0.717) is 37.8 Å². The van der Waals surface area contributed by atoms with E-state index in [4.69, 9.17) is 15.0 Å². The van der Waals surface area contributed by atoms with Crippen LogP contribution in [0.2, 0.25) is 0 Å². The number of hydrogen-bond donors (Lipinski definition) is 1. The third kappa shape index (κ3) is 4.15. The lowest BCUT2D eigenvalue weighted by molar-refractivity contribution is 0.149. The van der Waals surface area contributed by atoms with E-state index in [2.05, 4.69) is 10.1 Å². The Hall–Kier alpha value is -1.72. The third-order valence-electron chi connectivity index (χ3n) is 2.81. The van der Waals surface area contributed by atoms with Gasteiger partial charge in [0.15, 0.2) is 5.82 Å². The average molecular weight is 261 g/mol. The summed E-state index contributed by atoms with van der Waals surface area (Å²) in [7, 11) is 0. The molecule has 1 aromatic heterocycles. The predicted octanol–water partition coefficient (Wildman–Crippen LogP) is 1.89. The van der Waals surface area contributed by atoms with Crippen LogP contribution in [0.5, 0.6) is 0 Å². The first kappa shape index (κ1) is 13.7. The molecule has 1 aromatic carbocycles. The van der Waals surface area contributed by atoms with Gasteiger partial charge in [-0.3, -0.25) is 0 Å². The van der Waals surface area contributed by atoms with Crippen LogP contribution in [0.4, 0.5) is 0 Å². The number of aromatic nitrogens is 2. The van der Waals surface area contributed by atoms with Gasteiger partial charge in [0.25, 0.3) is 0 Å². The molecule has 2 N–H and O–H groups in total.